The zero-order chi connectivity index (χ0) is 40.2. The first-order chi connectivity index (χ1) is 23.8. The lowest BCUT2D eigenvalue weighted by Gasteiger charge is -2.22. The van der Waals surface area contributed by atoms with Gasteiger partial charge in [-0.25, -0.2) is 8.78 Å². The van der Waals surface area contributed by atoms with Gasteiger partial charge in [-0.05, 0) is 94.2 Å². The molecule has 0 aliphatic rings. The van der Waals surface area contributed by atoms with Gasteiger partial charge in [-0.1, -0.05) is 147 Å². The minimum atomic E-state index is -0.296. The van der Waals surface area contributed by atoms with Crippen molar-refractivity contribution in [3.63, 3.8) is 0 Å². The molecule has 0 spiro atoms. The van der Waals surface area contributed by atoms with Gasteiger partial charge in [-0.3, -0.25) is 0 Å². The van der Waals surface area contributed by atoms with E-state index >= 15 is 0 Å². The van der Waals surface area contributed by atoms with Gasteiger partial charge in [0.15, 0.2) is 23.1 Å². The van der Waals surface area contributed by atoms with Crippen molar-refractivity contribution in [1.29, 1.82) is 0 Å². The van der Waals surface area contributed by atoms with Crippen molar-refractivity contribution < 1.29 is 27.7 Å². The molecule has 0 fully saturated rings. The van der Waals surface area contributed by atoms with Gasteiger partial charge in [0, 0.05) is 5.56 Å². The maximum atomic E-state index is 13.3. The number of aryl methyl sites for hydroxylation is 2. The van der Waals surface area contributed by atoms with Crippen molar-refractivity contribution in [1.82, 2.24) is 0 Å². The monoisotopic (exact) mass is 769 g/mol. The fourth-order valence-corrected chi connectivity index (χ4v) is 5.15. The Morgan fingerprint density at radius 1 is 0.418 bits per heavy atom. The molecule has 0 bridgehead atoms. The summed E-state index contributed by atoms with van der Waals surface area (Å²) in [5.41, 5.74) is 7.24. The number of ether oxygens (including phenoxy) is 4. The second-order valence-corrected chi connectivity index (χ2v) is 17.1. The minimum absolute atomic E-state index is 0. The van der Waals surface area contributed by atoms with Crippen molar-refractivity contribution in [3.05, 3.63) is 118 Å². The van der Waals surface area contributed by atoms with Crippen LogP contribution in [0.1, 0.15) is 139 Å². The average molecular weight is 769 g/mol. The third-order valence-electron chi connectivity index (χ3n) is 8.31. The van der Waals surface area contributed by atoms with Crippen LogP contribution >= 0.6 is 0 Å². The van der Waals surface area contributed by atoms with Gasteiger partial charge in [-0.2, -0.15) is 0 Å². The molecule has 55 heavy (non-hydrogen) atoms. The van der Waals surface area contributed by atoms with Gasteiger partial charge in [0.05, 0.1) is 28.4 Å². The van der Waals surface area contributed by atoms with Crippen LogP contribution in [0.5, 0.6) is 23.0 Å². The van der Waals surface area contributed by atoms with E-state index in [2.05, 4.69) is 85.7 Å². The molecule has 0 saturated carbocycles. The summed E-state index contributed by atoms with van der Waals surface area (Å²) in [6, 6.07) is 22.8. The number of methoxy groups -OCH3 is 4. The van der Waals surface area contributed by atoms with Crippen LogP contribution in [0, 0.1) is 25.5 Å². The number of hydrogen-bond donors (Lipinski definition) is 0. The van der Waals surface area contributed by atoms with E-state index < -0.39 is 0 Å². The van der Waals surface area contributed by atoms with E-state index in [1.54, 1.807) is 26.4 Å². The summed E-state index contributed by atoms with van der Waals surface area (Å²) >= 11 is 0. The zero-order valence-corrected chi connectivity index (χ0v) is 35.3. The Kier molecular flexibility index (Phi) is 23.2. The van der Waals surface area contributed by atoms with Crippen LogP contribution in [0.15, 0.2) is 72.8 Å². The van der Waals surface area contributed by atoms with Crippen molar-refractivity contribution >= 4 is 0 Å². The molecule has 0 radical (unpaired) electrons. The first-order valence-electron chi connectivity index (χ1n) is 17.8. The second kappa shape index (κ2) is 23.1. The summed E-state index contributed by atoms with van der Waals surface area (Å²) in [5.74, 6) is 2.00. The van der Waals surface area contributed by atoms with Crippen molar-refractivity contribution in [2.24, 2.45) is 0 Å². The number of benzene rings is 4. The molecule has 4 nitrogen and oxygen atoms in total. The Labute approximate surface area is 337 Å². The first kappa shape index (κ1) is 55.3. The largest absolute Gasteiger partial charge is 0.497 e. The van der Waals surface area contributed by atoms with Crippen LogP contribution in [-0.4, -0.2) is 28.4 Å². The van der Waals surface area contributed by atoms with Crippen LogP contribution in [-0.2, 0) is 21.7 Å². The van der Waals surface area contributed by atoms with E-state index in [1.807, 2.05) is 59.7 Å². The fraction of sp³-hybridized carbons (Fsp3) is 0.510. The van der Waals surface area contributed by atoms with Gasteiger partial charge in [0.25, 0.3) is 0 Å². The summed E-state index contributed by atoms with van der Waals surface area (Å²) in [6.45, 7) is 29.7. The summed E-state index contributed by atoms with van der Waals surface area (Å²) in [5, 5.41) is 0. The van der Waals surface area contributed by atoms with Crippen molar-refractivity contribution in [3.8, 4) is 23.0 Å². The highest BCUT2D eigenvalue weighted by Crippen LogP contribution is 2.34. The van der Waals surface area contributed by atoms with E-state index in [1.165, 1.54) is 48.6 Å². The van der Waals surface area contributed by atoms with E-state index in [-0.39, 0.29) is 55.6 Å². The smallest absolute Gasteiger partial charge is 0.165 e. The molecule has 0 heterocycles. The molecule has 4 rings (SSSR count). The van der Waals surface area contributed by atoms with Crippen LogP contribution in [0.25, 0.3) is 0 Å². The van der Waals surface area contributed by atoms with Gasteiger partial charge in [0.1, 0.15) is 11.5 Å². The van der Waals surface area contributed by atoms with Crippen molar-refractivity contribution in [2.75, 3.05) is 28.4 Å². The van der Waals surface area contributed by atoms with Crippen LogP contribution in [0.3, 0.4) is 0 Å². The highest BCUT2D eigenvalue weighted by molar-refractivity contribution is 5.42. The molecule has 0 amide bonds. The minimum Gasteiger partial charge on any atom is -0.497 e. The molecule has 312 valence electrons. The topological polar surface area (TPSA) is 36.9 Å². The molecular formula is C49H78F2O4. The molecule has 0 unspecified atom stereocenters. The third-order valence-corrected chi connectivity index (χ3v) is 8.31. The molecule has 0 aliphatic heterocycles. The first-order valence-corrected chi connectivity index (χ1v) is 17.8. The zero-order valence-electron chi connectivity index (χ0n) is 35.3. The molecule has 4 aromatic rings. The molecule has 0 aliphatic carbocycles. The summed E-state index contributed by atoms with van der Waals surface area (Å²) in [6.07, 6.45) is 0. The van der Waals surface area contributed by atoms with Gasteiger partial charge < -0.3 is 18.9 Å². The summed E-state index contributed by atoms with van der Waals surface area (Å²) in [7, 11) is 6.39. The summed E-state index contributed by atoms with van der Waals surface area (Å²) in [4.78, 5) is 0. The fourth-order valence-electron chi connectivity index (χ4n) is 5.15. The third kappa shape index (κ3) is 18.0. The van der Waals surface area contributed by atoms with Crippen LogP contribution in [0.2, 0.25) is 0 Å². The van der Waals surface area contributed by atoms with E-state index in [4.69, 9.17) is 18.9 Å². The Morgan fingerprint density at radius 3 is 1.33 bits per heavy atom. The number of hydrogen-bond acceptors (Lipinski definition) is 4. The van der Waals surface area contributed by atoms with Crippen molar-refractivity contribution in [2.45, 2.75) is 141 Å². The van der Waals surface area contributed by atoms with E-state index in [9.17, 15) is 8.78 Å². The normalized spacial score (nSPS) is 10.8. The van der Waals surface area contributed by atoms with Gasteiger partial charge >= 0.3 is 0 Å². The maximum Gasteiger partial charge on any atom is 0.165 e. The standard InChI is InChI=1S/2C12H18O.2C11H15FO.3CH4/c1-9-6-10(12(2,3)4)8-11(7-9)13-5;1-9-6-7-11(13-5)10(8-9)12(2,3)4;1-11(2,3)8-5-6-10(13-4)9(12)7-8;1-11(2,3)8-6-5-7-9(12)10(8)13-4;;;/h2*6-8H,1-5H3;2*5-7H,1-4H3;3*1H4. The summed E-state index contributed by atoms with van der Waals surface area (Å²) < 4.78 is 46.9. The lowest BCUT2D eigenvalue weighted by Crippen LogP contribution is -2.13. The maximum absolute atomic E-state index is 13.3. The Bertz CT molecular complexity index is 1690. The SMILES string of the molecule is C.C.C.COc1c(F)cccc1C(C)(C)C.COc1cc(C)cc(C(C)(C)C)c1.COc1ccc(C(C)(C)C)cc1F.COc1ccc(C)cc1C(C)(C)C. The highest BCUT2D eigenvalue weighted by atomic mass is 19.1. The second-order valence-electron chi connectivity index (χ2n) is 17.1. The Hall–Kier alpha value is -4.06. The number of rotatable bonds is 4. The predicted molar refractivity (Wildman–Crippen MR) is 236 cm³/mol. The molecule has 0 saturated heterocycles. The van der Waals surface area contributed by atoms with Crippen LogP contribution in [0.4, 0.5) is 8.78 Å². The van der Waals surface area contributed by atoms with Crippen LogP contribution < -0.4 is 18.9 Å². The Balaban J connectivity index is -0.000000644. The molecule has 4 aromatic carbocycles. The van der Waals surface area contributed by atoms with Gasteiger partial charge in [-0.15, -0.1) is 0 Å². The number of halogens is 2. The molecule has 6 heteroatoms. The quantitative estimate of drug-likeness (QED) is 0.207. The lowest BCUT2D eigenvalue weighted by atomic mass is 9.85. The molecule has 0 atom stereocenters. The Morgan fingerprint density at radius 2 is 0.927 bits per heavy atom. The molecular weight excluding hydrogens is 691 g/mol. The molecule has 0 aromatic heterocycles. The lowest BCUT2D eigenvalue weighted by molar-refractivity contribution is 0.370. The molecule has 0 N–H and O–H groups in total. The average Bonchev–Trinajstić information content (AvgIpc) is 3.03. The number of para-hydroxylation sites is 1. The highest BCUT2D eigenvalue weighted by Gasteiger charge is 2.21. The van der Waals surface area contributed by atoms with E-state index in [0.717, 1.165) is 22.6 Å². The van der Waals surface area contributed by atoms with Gasteiger partial charge in [0.2, 0.25) is 0 Å². The van der Waals surface area contributed by atoms with E-state index in [0.29, 0.717) is 11.5 Å². The predicted octanol–water partition coefficient (Wildman–Crippen LogP) is 14.8.